The first-order chi connectivity index (χ1) is 10.6. The Balaban J connectivity index is 1.65. The van der Waals surface area contributed by atoms with Crippen molar-refractivity contribution in [3.05, 3.63) is 34.9 Å². The van der Waals surface area contributed by atoms with Gasteiger partial charge >= 0.3 is 6.03 Å². The van der Waals surface area contributed by atoms with E-state index in [1.54, 1.807) is 29.2 Å². The number of likely N-dealkylation sites (tertiary alicyclic amines) is 1. The molecule has 2 fully saturated rings. The number of nitrogens with zero attached hydrogens (tertiary/aromatic N) is 2. The summed E-state index contributed by atoms with van der Waals surface area (Å²) >= 11 is 6.06. The molecule has 0 aliphatic carbocycles. The molecule has 4 amide bonds. The zero-order valence-electron chi connectivity index (χ0n) is 11.9. The molecule has 116 valence electrons. The number of urea groups is 1. The van der Waals surface area contributed by atoms with Crippen molar-refractivity contribution in [2.24, 2.45) is 0 Å². The number of carbonyl (C=O) groups excluding carboxylic acids is 3. The van der Waals surface area contributed by atoms with Crippen LogP contribution in [0.25, 0.3) is 0 Å². The number of piperidine rings is 1. The molecular formula is C15H16ClN3O3. The maximum atomic E-state index is 12.5. The highest BCUT2D eigenvalue weighted by atomic mass is 35.5. The molecule has 2 aliphatic rings. The average Bonchev–Trinajstić information content (AvgIpc) is 2.86. The quantitative estimate of drug-likeness (QED) is 0.839. The van der Waals surface area contributed by atoms with Crippen molar-refractivity contribution in [3.63, 3.8) is 0 Å². The number of carbonyl (C=O) groups is 3. The van der Waals surface area contributed by atoms with E-state index in [4.69, 9.17) is 11.6 Å². The van der Waals surface area contributed by atoms with Crippen LogP contribution in [0.1, 0.15) is 23.2 Å². The Hall–Kier alpha value is -2.08. The lowest BCUT2D eigenvalue weighted by atomic mass is 10.0. The number of halogens is 1. The van der Waals surface area contributed by atoms with Crippen molar-refractivity contribution in [2.75, 3.05) is 19.6 Å². The zero-order valence-corrected chi connectivity index (χ0v) is 12.7. The van der Waals surface area contributed by atoms with E-state index in [9.17, 15) is 14.4 Å². The summed E-state index contributed by atoms with van der Waals surface area (Å²) in [5.41, 5.74) is 0.484. The molecule has 0 unspecified atom stereocenters. The molecule has 1 N–H and O–H groups in total. The fraction of sp³-hybridized carbons (Fsp3) is 0.400. The summed E-state index contributed by atoms with van der Waals surface area (Å²) in [7, 11) is 0. The van der Waals surface area contributed by atoms with E-state index < -0.39 is 0 Å². The van der Waals surface area contributed by atoms with Gasteiger partial charge in [-0.15, -0.1) is 0 Å². The third kappa shape index (κ3) is 2.66. The van der Waals surface area contributed by atoms with Crippen LogP contribution in [0.4, 0.5) is 4.79 Å². The van der Waals surface area contributed by atoms with Crippen LogP contribution in [0.5, 0.6) is 0 Å². The summed E-state index contributed by atoms with van der Waals surface area (Å²) in [6.45, 7) is 1.08. The number of benzene rings is 1. The molecule has 0 saturated carbocycles. The van der Waals surface area contributed by atoms with Gasteiger partial charge in [0, 0.05) is 19.1 Å². The van der Waals surface area contributed by atoms with Crippen LogP contribution in [0.15, 0.2) is 24.3 Å². The molecular weight excluding hydrogens is 306 g/mol. The molecule has 6 nitrogen and oxygen atoms in total. The minimum Gasteiger partial charge on any atom is -0.338 e. The maximum absolute atomic E-state index is 12.5. The first-order valence-corrected chi connectivity index (χ1v) is 7.59. The van der Waals surface area contributed by atoms with Gasteiger partial charge in [0.2, 0.25) is 5.91 Å². The second-order valence-corrected chi connectivity index (χ2v) is 5.83. The molecule has 7 heteroatoms. The van der Waals surface area contributed by atoms with E-state index in [2.05, 4.69) is 5.32 Å². The number of nitrogens with one attached hydrogen (secondary N) is 1. The second kappa shape index (κ2) is 5.96. The van der Waals surface area contributed by atoms with Crippen molar-refractivity contribution in [1.82, 2.24) is 15.1 Å². The van der Waals surface area contributed by atoms with Gasteiger partial charge in [0.1, 0.15) is 0 Å². The molecule has 2 aliphatic heterocycles. The predicted octanol–water partition coefficient (Wildman–Crippen LogP) is 1.50. The topological polar surface area (TPSA) is 69.7 Å². The fourth-order valence-electron chi connectivity index (χ4n) is 2.94. The number of imide groups is 1. The third-order valence-electron chi connectivity index (χ3n) is 4.10. The van der Waals surface area contributed by atoms with Gasteiger partial charge in [0.25, 0.3) is 5.91 Å². The number of amides is 4. The van der Waals surface area contributed by atoms with Gasteiger partial charge in [-0.1, -0.05) is 23.7 Å². The van der Waals surface area contributed by atoms with E-state index >= 15 is 0 Å². The molecule has 0 atom stereocenters. The first kappa shape index (κ1) is 14.8. The Labute approximate surface area is 133 Å². The van der Waals surface area contributed by atoms with E-state index in [0.29, 0.717) is 36.5 Å². The number of hydrogen-bond donors (Lipinski definition) is 1. The number of hydrogen-bond acceptors (Lipinski definition) is 3. The molecule has 1 aromatic rings. The third-order valence-corrected chi connectivity index (χ3v) is 4.43. The predicted molar refractivity (Wildman–Crippen MR) is 80.6 cm³/mol. The van der Waals surface area contributed by atoms with E-state index in [-0.39, 0.29) is 30.4 Å². The van der Waals surface area contributed by atoms with Gasteiger partial charge in [-0.25, -0.2) is 4.79 Å². The fourth-order valence-corrected chi connectivity index (χ4v) is 3.15. The van der Waals surface area contributed by atoms with E-state index in [1.165, 1.54) is 4.90 Å². The molecule has 0 aromatic heterocycles. The molecule has 3 rings (SSSR count). The van der Waals surface area contributed by atoms with Gasteiger partial charge in [-0.05, 0) is 25.0 Å². The average molecular weight is 322 g/mol. The van der Waals surface area contributed by atoms with E-state index in [1.807, 2.05) is 0 Å². The Morgan fingerprint density at radius 1 is 1.18 bits per heavy atom. The van der Waals surface area contributed by atoms with Crippen LogP contribution >= 0.6 is 11.6 Å². The van der Waals surface area contributed by atoms with E-state index in [0.717, 1.165) is 0 Å². The highest BCUT2D eigenvalue weighted by Crippen LogP contribution is 2.22. The lowest BCUT2D eigenvalue weighted by Gasteiger charge is -2.35. The van der Waals surface area contributed by atoms with Crippen LogP contribution in [0, 0.1) is 0 Å². The second-order valence-electron chi connectivity index (χ2n) is 5.43. The van der Waals surface area contributed by atoms with Gasteiger partial charge in [-0.3, -0.25) is 14.5 Å². The van der Waals surface area contributed by atoms with Crippen molar-refractivity contribution in [3.8, 4) is 0 Å². The molecule has 2 heterocycles. The maximum Gasteiger partial charge on any atom is 0.324 e. The lowest BCUT2D eigenvalue weighted by molar-refractivity contribution is -0.127. The Morgan fingerprint density at radius 3 is 2.45 bits per heavy atom. The Bertz CT molecular complexity index is 610. The lowest BCUT2D eigenvalue weighted by Crippen LogP contribution is -2.49. The van der Waals surface area contributed by atoms with Gasteiger partial charge in [0.15, 0.2) is 0 Å². The summed E-state index contributed by atoms with van der Waals surface area (Å²) in [6, 6.07) is 6.48. The smallest absolute Gasteiger partial charge is 0.324 e. The van der Waals surface area contributed by atoms with Crippen molar-refractivity contribution in [1.29, 1.82) is 0 Å². The van der Waals surface area contributed by atoms with Crippen LogP contribution < -0.4 is 5.32 Å². The van der Waals surface area contributed by atoms with Gasteiger partial charge in [0.05, 0.1) is 17.1 Å². The molecule has 22 heavy (non-hydrogen) atoms. The summed E-state index contributed by atoms with van der Waals surface area (Å²) < 4.78 is 0. The standard InChI is InChI=1S/C15H16ClN3O3/c16-12-4-2-1-3-11(12)14(21)18-7-5-10(6-8-18)19-13(20)9-17-15(19)22/h1-4,10H,5-9H2,(H,17,22). The van der Waals surface area contributed by atoms with Crippen molar-refractivity contribution >= 4 is 29.4 Å². The van der Waals surface area contributed by atoms with Gasteiger partial charge < -0.3 is 10.2 Å². The Kier molecular flexibility index (Phi) is 4.02. The zero-order chi connectivity index (χ0) is 15.7. The van der Waals surface area contributed by atoms with Gasteiger partial charge in [-0.2, -0.15) is 0 Å². The van der Waals surface area contributed by atoms with Crippen LogP contribution in [0.2, 0.25) is 5.02 Å². The van der Waals surface area contributed by atoms with Crippen molar-refractivity contribution < 1.29 is 14.4 Å². The monoisotopic (exact) mass is 321 g/mol. The molecule has 2 saturated heterocycles. The summed E-state index contributed by atoms with van der Waals surface area (Å²) in [5, 5.41) is 2.96. The minimum atomic E-state index is -0.333. The summed E-state index contributed by atoms with van der Waals surface area (Å²) in [5.74, 6) is -0.304. The number of rotatable bonds is 2. The molecule has 0 spiro atoms. The SMILES string of the molecule is O=C(c1ccccc1Cl)N1CCC(N2C(=O)CNC2=O)CC1. The normalized spacial score (nSPS) is 19.5. The minimum absolute atomic E-state index is 0.0671. The highest BCUT2D eigenvalue weighted by Gasteiger charge is 2.37. The molecule has 0 bridgehead atoms. The first-order valence-electron chi connectivity index (χ1n) is 7.21. The van der Waals surface area contributed by atoms with Crippen LogP contribution in [-0.4, -0.2) is 53.3 Å². The summed E-state index contributed by atoms with van der Waals surface area (Å²) in [4.78, 5) is 38.8. The summed E-state index contributed by atoms with van der Waals surface area (Å²) in [6.07, 6.45) is 1.19. The van der Waals surface area contributed by atoms with Crippen molar-refractivity contribution in [2.45, 2.75) is 18.9 Å². The molecule has 1 aromatic carbocycles. The Morgan fingerprint density at radius 2 is 1.86 bits per heavy atom. The highest BCUT2D eigenvalue weighted by molar-refractivity contribution is 6.33. The van der Waals surface area contributed by atoms with Crippen LogP contribution in [0.3, 0.4) is 0 Å². The largest absolute Gasteiger partial charge is 0.338 e. The molecule has 0 radical (unpaired) electrons. The van der Waals surface area contributed by atoms with Crippen LogP contribution in [-0.2, 0) is 4.79 Å².